The molecule has 0 spiro atoms. The molecule has 0 aromatic heterocycles. The van der Waals surface area contributed by atoms with Crippen molar-refractivity contribution in [2.24, 2.45) is 5.92 Å². The van der Waals surface area contributed by atoms with Crippen molar-refractivity contribution in [2.45, 2.75) is 25.6 Å². The Kier molecular flexibility index (Phi) is 5.35. The lowest BCUT2D eigenvalue weighted by Crippen LogP contribution is -2.25. The lowest BCUT2D eigenvalue weighted by atomic mass is 10.2. The van der Waals surface area contributed by atoms with Crippen LogP contribution in [0.5, 0.6) is 0 Å². The van der Waals surface area contributed by atoms with Crippen LogP contribution in [0, 0.1) is 12.8 Å². The molecule has 0 bridgehead atoms. The van der Waals surface area contributed by atoms with Crippen LogP contribution < -0.4 is 0 Å². The summed E-state index contributed by atoms with van der Waals surface area (Å²) in [6.45, 7) is 6.01. The van der Waals surface area contributed by atoms with Crippen LogP contribution in [0.2, 0.25) is 0 Å². The summed E-state index contributed by atoms with van der Waals surface area (Å²) in [6.07, 6.45) is 3.37. The zero-order chi connectivity index (χ0) is 9.52. The number of rotatable bonds is 5. The molecule has 3 heteroatoms. The van der Waals surface area contributed by atoms with Crippen molar-refractivity contribution in [3.05, 3.63) is 6.92 Å². The molecule has 0 N–H and O–H groups in total. The van der Waals surface area contributed by atoms with Crippen LogP contribution in [-0.4, -0.2) is 33.2 Å². The summed E-state index contributed by atoms with van der Waals surface area (Å²) in [5.41, 5.74) is 0. The second-order valence-corrected chi connectivity index (χ2v) is 3.45. The van der Waals surface area contributed by atoms with Gasteiger partial charge in [-0.15, -0.1) is 0 Å². The predicted molar refractivity (Wildman–Crippen MR) is 50.3 cm³/mol. The molecule has 77 valence electrons. The number of hydrogen-bond donors (Lipinski definition) is 0. The summed E-state index contributed by atoms with van der Waals surface area (Å²) in [5, 5.41) is 0. The van der Waals surface area contributed by atoms with Crippen molar-refractivity contribution in [2.75, 3.05) is 26.9 Å². The average Bonchev–Trinajstić information content (AvgIpc) is 2.17. The van der Waals surface area contributed by atoms with Crippen LogP contribution in [0.4, 0.5) is 0 Å². The quantitative estimate of drug-likeness (QED) is 0.654. The van der Waals surface area contributed by atoms with Crippen molar-refractivity contribution < 1.29 is 14.2 Å². The molecular formula is C10H19O3. The van der Waals surface area contributed by atoms with E-state index in [0.29, 0.717) is 13.2 Å². The van der Waals surface area contributed by atoms with Crippen molar-refractivity contribution in [1.82, 2.24) is 0 Å². The van der Waals surface area contributed by atoms with Gasteiger partial charge < -0.3 is 14.2 Å². The molecule has 2 atom stereocenters. The van der Waals surface area contributed by atoms with Crippen LogP contribution in [0.1, 0.15) is 19.3 Å². The lowest BCUT2D eigenvalue weighted by molar-refractivity contribution is -0.168. The standard InChI is InChI=1S/C10H19O3/c1-9(7-11-2)8-13-10-5-3-4-6-12-10/h9-10H,1,3-8H2,2H3. The van der Waals surface area contributed by atoms with E-state index in [4.69, 9.17) is 14.2 Å². The van der Waals surface area contributed by atoms with E-state index in [9.17, 15) is 0 Å². The largest absolute Gasteiger partial charge is 0.384 e. The fourth-order valence-electron chi connectivity index (χ4n) is 1.37. The van der Waals surface area contributed by atoms with Crippen molar-refractivity contribution in [1.29, 1.82) is 0 Å². The summed E-state index contributed by atoms with van der Waals surface area (Å²) in [5.74, 6) is 0.204. The van der Waals surface area contributed by atoms with E-state index in [2.05, 4.69) is 6.92 Å². The first-order valence-electron chi connectivity index (χ1n) is 4.88. The first kappa shape index (κ1) is 11.0. The van der Waals surface area contributed by atoms with Gasteiger partial charge in [0.2, 0.25) is 0 Å². The first-order valence-corrected chi connectivity index (χ1v) is 4.88. The topological polar surface area (TPSA) is 27.7 Å². The monoisotopic (exact) mass is 187 g/mol. The molecule has 0 aliphatic carbocycles. The SMILES string of the molecule is [CH2]C(COC)COC1CCCCO1. The van der Waals surface area contributed by atoms with Gasteiger partial charge >= 0.3 is 0 Å². The van der Waals surface area contributed by atoms with Gasteiger partial charge in [0, 0.05) is 19.6 Å². The fourth-order valence-corrected chi connectivity index (χ4v) is 1.37. The Morgan fingerprint density at radius 2 is 2.31 bits per heavy atom. The van der Waals surface area contributed by atoms with Gasteiger partial charge in [0.05, 0.1) is 13.2 Å². The third-order valence-corrected chi connectivity index (χ3v) is 2.06. The lowest BCUT2D eigenvalue weighted by Gasteiger charge is -2.24. The summed E-state index contributed by atoms with van der Waals surface area (Å²) < 4.78 is 15.9. The maximum atomic E-state index is 5.53. The zero-order valence-corrected chi connectivity index (χ0v) is 8.33. The predicted octanol–water partition coefficient (Wildman–Crippen LogP) is 1.63. The Bertz CT molecular complexity index is 121. The van der Waals surface area contributed by atoms with Crippen LogP contribution in [-0.2, 0) is 14.2 Å². The molecule has 1 aliphatic heterocycles. The molecule has 0 amide bonds. The third kappa shape index (κ3) is 4.60. The summed E-state index contributed by atoms with van der Waals surface area (Å²) in [7, 11) is 1.68. The van der Waals surface area contributed by atoms with Crippen LogP contribution in [0.25, 0.3) is 0 Å². The Balaban J connectivity index is 2.03. The molecule has 1 saturated heterocycles. The minimum atomic E-state index is -0.00476. The van der Waals surface area contributed by atoms with E-state index < -0.39 is 0 Å². The minimum Gasteiger partial charge on any atom is -0.384 e. The van der Waals surface area contributed by atoms with Crippen LogP contribution in [0.3, 0.4) is 0 Å². The number of ether oxygens (including phenoxy) is 3. The molecule has 0 aromatic rings. The maximum absolute atomic E-state index is 5.53. The smallest absolute Gasteiger partial charge is 0.157 e. The molecule has 3 nitrogen and oxygen atoms in total. The van der Waals surface area contributed by atoms with E-state index in [1.807, 2.05) is 0 Å². The van der Waals surface area contributed by atoms with E-state index in [0.717, 1.165) is 19.4 Å². The van der Waals surface area contributed by atoms with Gasteiger partial charge in [0.25, 0.3) is 0 Å². The van der Waals surface area contributed by atoms with Crippen molar-refractivity contribution in [3.63, 3.8) is 0 Å². The normalized spacial score (nSPS) is 25.8. The second kappa shape index (κ2) is 6.35. The molecule has 2 unspecified atom stereocenters. The summed E-state index contributed by atoms with van der Waals surface area (Å²) in [6, 6.07) is 0. The Labute approximate surface area is 80.4 Å². The third-order valence-electron chi connectivity index (χ3n) is 2.06. The van der Waals surface area contributed by atoms with Gasteiger partial charge in [-0.3, -0.25) is 0 Å². The van der Waals surface area contributed by atoms with Gasteiger partial charge in [0.15, 0.2) is 6.29 Å². The molecule has 1 rings (SSSR count). The molecule has 0 saturated carbocycles. The average molecular weight is 187 g/mol. The molecular weight excluding hydrogens is 168 g/mol. The Hall–Kier alpha value is -0.120. The number of methoxy groups -OCH3 is 1. The highest BCUT2D eigenvalue weighted by atomic mass is 16.7. The van der Waals surface area contributed by atoms with E-state index in [1.165, 1.54) is 6.42 Å². The van der Waals surface area contributed by atoms with E-state index >= 15 is 0 Å². The summed E-state index contributed by atoms with van der Waals surface area (Å²) in [4.78, 5) is 0. The molecule has 1 fully saturated rings. The first-order chi connectivity index (χ1) is 6.33. The van der Waals surface area contributed by atoms with Gasteiger partial charge in [-0.25, -0.2) is 0 Å². The van der Waals surface area contributed by atoms with Crippen LogP contribution in [0.15, 0.2) is 0 Å². The molecule has 1 aliphatic rings. The zero-order valence-electron chi connectivity index (χ0n) is 8.33. The molecule has 1 radical (unpaired) electrons. The van der Waals surface area contributed by atoms with E-state index in [-0.39, 0.29) is 12.2 Å². The van der Waals surface area contributed by atoms with Gasteiger partial charge in [0.1, 0.15) is 0 Å². The number of hydrogen-bond acceptors (Lipinski definition) is 3. The van der Waals surface area contributed by atoms with Gasteiger partial charge in [-0.2, -0.15) is 0 Å². The highest BCUT2D eigenvalue weighted by molar-refractivity contribution is 4.60. The Morgan fingerprint density at radius 1 is 1.46 bits per heavy atom. The van der Waals surface area contributed by atoms with E-state index in [1.54, 1.807) is 7.11 Å². The summed E-state index contributed by atoms with van der Waals surface area (Å²) >= 11 is 0. The van der Waals surface area contributed by atoms with Crippen molar-refractivity contribution in [3.8, 4) is 0 Å². The van der Waals surface area contributed by atoms with Gasteiger partial charge in [-0.1, -0.05) is 0 Å². The second-order valence-electron chi connectivity index (χ2n) is 3.45. The molecule has 1 heterocycles. The highest BCUT2D eigenvalue weighted by Gasteiger charge is 2.14. The Morgan fingerprint density at radius 3 is 2.92 bits per heavy atom. The molecule has 0 aromatic carbocycles. The van der Waals surface area contributed by atoms with Crippen molar-refractivity contribution >= 4 is 0 Å². The maximum Gasteiger partial charge on any atom is 0.157 e. The van der Waals surface area contributed by atoms with Gasteiger partial charge in [-0.05, 0) is 26.2 Å². The fraction of sp³-hybridized carbons (Fsp3) is 0.900. The molecule has 13 heavy (non-hydrogen) atoms. The highest BCUT2D eigenvalue weighted by Crippen LogP contribution is 2.14. The minimum absolute atomic E-state index is 0.00476. The van der Waals surface area contributed by atoms with Crippen LogP contribution >= 0.6 is 0 Å².